The van der Waals surface area contributed by atoms with Crippen LogP contribution in [0.15, 0.2) is 6.20 Å². The summed E-state index contributed by atoms with van der Waals surface area (Å²) in [6.07, 6.45) is 8.26. The molecule has 1 fully saturated rings. The molecular weight excluding hydrogens is 152 g/mol. The first-order valence-corrected chi connectivity index (χ1v) is 4.53. The molecule has 0 atom stereocenters. The summed E-state index contributed by atoms with van der Waals surface area (Å²) in [5, 5.41) is 7.76. The molecule has 0 aromatic carbocycles. The Kier molecular flexibility index (Phi) is 1.98. The van der Waals surface area contributed by atoms with E-state index in [2.05, 4.69) is 10.3 Å². The van der Waals surface area contributed by atoms with Gasteiger partial charge in [-0.15, -0.1) is 5.10 Å². The minimum atomic E-state index is 0.528. The Labute approximate surface area is 71.8 Å². The maximum absolute atomic E-state index is 5.49. The number of anilines is 1. The first kappa shape index (κ1) is 7.58. The Bertz CT molecular complexity index is 249. The van der Waals surface area contributed by atoms with Gasteiger partial charge < -0.3 is 5.73 Å². The van der Waals surface area contributed by atoms with Gasteiger partial charge in [-0.3, -0.25) is 0 Å². The van der Waals surface area contributed by atoms with Crippen molar-refractivity contribution in [3.05, 3.63) is 6.20 Å². The van der Waals surface area contributed by atoms with Gasteiger partial charge in [-0.2, -0.15) is 0 Å². The van der Waals surface area contributed by atoms with E-state index in [1.807, 2.05) is 10.9 Å². The lowest BCUT2D eigenvalue weighted by atomic mass is 9.96. The van der Waals surface area contributed by atoms with Crippen molar-refractivity contribution >= 4 is 5.82 Å². The average Bonchev–Trinajstić information content (AvgIpc) is 2.54. The molecule has 1 aromatic rings. The van der Waals surface area contributed by atoms with Gasteiger partial charge in [0.1, 0.15) is 0 Å². The first-order chi connectivity index (χ1) is 5.86. The molecule has 0 bridgehead atoms. The fourth-order valence-electron chi connectivity index (χ4n) is 1.81. The summed E-state index contributed by atoms with van der Waals surface area (Å²) in [5.74, 6) is 0.528. The van der Waals surface area contributed by atoms with Gasteiger partial charge in [0.05, 0.1) is 12.2 Å². The van der Waals surface area contributed by atoms with Crippen LogP contribution in [0.5, 0.6) is 0 Å². The fourth-order valence-corrected chi connectivity index (χ4v) is 1.81. The Hall–Kier alpha value is -1.06. The second-order valence-electron chi connectivity index (χ2n) is 3.42. The zero-order chi connectivity index (χ0) is 8.39. The predicted octanol–water partition coefficient (Wildman–Crippen LogP) is 1.37. The smallest absolute Gasteiger partial charge is 0.165 e. The number of nitrogens with two attached hydrogens (primary N) is 1. The van der Waals surface area contributed by atoms with Crippen LogP contribution in [0.2, 0.25) is 0 Å². The quantitative estimate of drug-likeness (QED) is 0.685. The highest BCUT2D eigenvalue weighted by molar-refractivity contribution is 5.20. The van der Waals surface area contributed by atoms with Gasteiger partial charge >= 0.3 is 0 Å². The van der Waals surface area contributed by atoms with Crippen molar-refractivity contribution in [2.75, 3.05) is 5.73 Å². The SMILES string of the molecule is Nc1cn(C2CCCCC2)nn1. The van der Waals surface area contributed by atoms with Crippen molar-refractivity contribution in [1.82, 2.24) is 15.0 Å². The third kappa shape index (κ3) is 1.42. The first-order valence-electron chi connectivity index (χ1n) is 4.53. The van der Waals surface area contributed by atoms with Crippen molar-refractivity contribution in [3.8, 4) is 0 Å². The lowest BCUT2D eigenvalue weighted by Crippen LogP contribution is -2.13. The minimum absolute atomic E-state index is 0.528. The zero-order valence-electron chi connectivity index (χ0n) is 7.11. The third-order valence-electron chi connectivity index (χ3n) is 2.48. The normalized spacial score (nSPS) is 19.7. The summed E-state index contributed by atoms with van der Waals surface area (Å²) in [6.45, 7) is 0. The fraction of sp³-hybridized carbons (Fsp3) is 0.750. The van der Waals surface area contributed by atoms with Crippen LogP contribution < -0.4 is 5.73 Å². The van der Waals surface area contributed by atoms with Crippen molar-refractivity contribution in [2.45, 2.75) is 38.1 Å². The summed E-state index contributed by atoms with van der Waals surface area (Å²) in [4.78, 5) is 0. The van der Waals surface area contributed by atoms with Gasteiger partial charge in [0, 0.05) is 0 Å². The van der Waals surface area contributed by atoms with E-state index in [4.69, 9.17) is 5.73 Å². The summed E-state index contributed by atoms with van der Waals surface area (Å²) in [6, 6.07) is 0.545. The van der Waals surface area contributed by atoms with Crippen LogP contribution in [-0.2, 0) is 0 Å². The van der Waals surface area contributed by atoms with Crippen LogP contribution in [0.3, 0.4) is 0 Å². The lowest BCUT2D eigenvalue weighted by Gasteiger charge is -2.20. The highest BCUT2D eigenvalue weighted by Gasteiger charge is 2.15. The van der Waals surface area contributed by atoms with Gasteiger partial charge in [0.25, 0.3) is 0 Å². The molecule has 0 unspecified atom stereocenters. The van der Waals surface area contributed by atoms with Crippen LogP contribution in [0.25, 0.3) is 0 Å². The van der Waals surface area contributed by atoms with Crippen molar-refractivity contribution < 1.29 is 0 Å². The second kappa shape index (κ2) is 3.13. The summed E-state index contributed by atoms with van der Waals surface area (Å²) in [7, 11) is 0. The van der Waals surface area contributed by atoms with E-state index >= 15 is 0 Å². The van der Waals surface area contributed by atoms with Crippen molar-refractivity contribution in [1.29, 1.82) is 0 Å². The Morgan fingerprint density at radius 3 is 2.67 bits per heavy atom. The van der Waals surface area contributed by atoms with Crippen LogP contribution in [-0.4, -0.2) is 15.0 Å². The zero-order valence-corrected chi connectivity index (χ0v) is 7.11. The van der Waals surface area contributed by atoms with Gasteiger partial charge in [-0.1, -0.05) is 24.5 Å². The largest absolute Gasteiger partial charge is 0.381 e. The minimum Gasteiger partial charge on any atom is -0.381 e. The van der Waals surface area contributed by atoms with Gasteiger partial charge in [-0.25, -0.2) is 4.68 Å². The molecule has 1 aliphatic rings. The summed E-state index contributed by atoms with van der Waals surface area (Å²) in [5.41, 5.74) is 5.49. The van der Waals surface area contributed by atoms with Crippen LogP contribution in [0.1, 0.15) is 38.1 Å². The van der Waals surface area contributed by atoms with E-state index in [0.717, 1.165) is 0 Å². The molecule has 0 amide bonds. The highest BCUT2D eigenvalue weighted by atomic mass is 15.4. The third-order valence-corrected chi connectivity index (χ3v) is 2.48. The molecule has 2 rings (SSSR count). The van der Waals surface area contributed by atoms with Crippen LogP contribution in [0, 0.1) is 0 Å². The molecule has 12 heavy (non-hydrogen) atoms. The van der Waals surface area contributed by atoms with E-state index in [1.54, 1.807) is 0 Å². The molecule has 1 saturated carbocycles. The second-order valence-corrected chi connectivity index (χ2v) is 3.42. The van der Waals surface area contributed by atoms with Crippen LogP contribution >= 0.6 is 0 Å². The maximum atomic E-state index is 5.49. The highest BCUT2D eigenvalue weighted by Crippen LogP contribution is 2.27. The maximum Gasteiger partial charge on any atom is 0.165 e. The molecule has 1 aliphatic carbocycles. The van der Waals surface area contributed by atoms with Gasteiger partial charge in [0.15, 0.2) is 5.82 Å². The topological polar surface area (TPSA) is 56.7 Å². The van der Waals surface area contributed by atoms with Crippen LogP contribution in [0.4, 0.5) is 5.82 Å². The average molecular weight is 166 g/mol. The lowest BCUT2D eigenvalue weighted by molar-refractivity contribution is 0.324. The molecular formula is C8H14N4. The predicted molar refractivity (Wildman–Crippen MR) is 46.6 cm³/mol. The molecule has 0 spiro atoms. The molecule has 66 valence electrons. The molecule has 1 heterocycles. The van der Waals surface area contributed by atoms with Crippen molar-refractivity contribution in [3.63, 3.8) is 0 Å². The van der Waals surface area contributed by atoms with Crippen molar-refractivity contribution in [2.24, 2.45) is 0 Å². The molecule has 4 nitrogen and oxygen atoms in total. The van der Waals surface area contributed by atoms with E-state index < -0.39 is 0 Å². The Morgan fingerprint density at radius 2 is 2.08 bits per heavy atom. The van der Waals surface area contributed by atoms with E-state index in [-0.39, 0.29) is 0 Å². The standard InChI is InChI=1S/C8H14N4/c9-8-6-12(11-10-8)7-4-2-1-3-5-7/h6-7H,1-5,9H2. The Morgan fingerprint density at radius 1 is 1.33 bits per heavy atom. The van der Waals surface area contributed by atoms with E-state index in [0.29, 0.717) is 11.9 Å². The monoisotopic (exact) mass is 166 g/mol. The summed E-state index contributed by atoms with van der Waals surface area (Å²) >= 11 is 0. The molecule has 1 aromatic heterocycles. The molecule has 2 N–H and O–H groups in total. The number of aromatic nitrogens is 3. The Balaban J connectivity index is 2.08. The number of rotatable bonds is 1. The van der Waals surface area contributed by atoms with E-state index in [9.17, 15) is 0 Å². The summed E-state index contributed by atoms with van der Waals surface area (Å²) < 4.78 is 1.91. The van der Waals surface area contributed by atoms with Gasteiger partial charge in [0.2, 0.25) is 0 Å². The molecule has 0 saturated heterocycles. The number of nitrogen functional groups attached to an aromatic ring is 1. The molecule has 4 heteroatoms. The number of hydrogen-bond acceptors (Lipinski definition) is 3. The number of hydrogen-bond donors (Lipinski definition) is 1. The molecule has 0 radical (unpaired) electrons. The van der Waals surface area contributed by atoms with E-state index in [1.165, 1.54) is 32.1 Å². The number of nitrogens with zero attached hydrogens (tertiary/aromatic N) is 3. The molecule has 0 aliphatic heterocycles. The van der Waals surface area contributed by atoms with Gasteiger partial charge in [-0.05, 0) is 12.8 Å².